The summed E-state index contributed by atoms with van der Waals surface area (Å²) in [7, 11) is 0. The predicted octanol–water partition coefficient (Wildman–Crippen LogP) is 2.98. The lowest BCUT2D eigenvalue weighted by Crippen LogP contribution is -2.43. The molecule has 0 aliphatic carbocycles. The molecule has 2 nitrogen and oxygen atoms in total. The van der Waals surface area contributed by atoms with E-state index in [1.807, 2.05) is 18.2 Å². The van der Waals surface area contributed by atoms with Crippen LogP contribution in [0, 0.1) is 0 Å². The van der Waals surface area contributed by atoms with E-state index in [1.54, 1.807) is 0 Å². The third-order valence-electron chi connectivity index (χ3n) is 2.39. The fourth-order valence-electron chi connectivity index (χ4n) is 1.60. The van der Waals surface area contributed by atoms with Gasteiger partial charge in [-0.2, -0.15) is 0 Å². The predicted molar refractivity (Wildman–Crippen MR) is 71.9 cm³/mol. The highest BCUT2D eigenvalue weighted by Gasteiger charge is 2.11. The molecular weight excluding hydrogens is 299 g/mol. The Morgan fingerprint density at radius 3 is 2.33 bits per heavy atom. The van der Waals surface area contributed by atoms with Crippen molar-refractivity contribution in [3.8, 4) is 0 Å². The van der Waals surface area contributed by atoms with E-state index in [1.165, 1.54) is 0 Å². The molecule has 84 valence electrons. The summed E-state index contributed by atoms with van der Waals surface area (Å²) in [6.07, 6.45) is 0. The number of benzene rings is 1. The van der Waals surface area contributed by atoms with Gasteiger partial charge in [0.2, 0.25) is 0 Å². The number of anilines is 1. The van der Waals surface area contributed by atoms with Gasteiger partial charge in [0.25, 0.3) is 0 Å². The standard InChI is InChI=1S/C10H12Cl2N2.BrH/c11-9-2-1-8(7-10(9)12)14-5-3-13-4-6-14;/h1-2,7,13H,3-6H2;1H. The molecule has 0 bridgehead atoms. The van der Waals surface area contributed by atoms with Crippen molar-refractivity contribution in [2.24, 2.45) is 0 Å². The average molecular weight is 312 g/mol. The normalized spacial score (nSPS) is 16.0. The molecule has 1 heterocycles. The van der Waals surface area contributed by atoms with Gasteiger partial charge < -0.3 is 10.2 Å². The number of halogens is 3. The van der Waals surface area contributed by atoms with Gasteiger partial charge in [-0.05, 0) is 18.2 Å². The van der Waals surface area contributed by atoms with Crippen LogP contribution in [-0.2, 0) is 0 Å². The molecule has 0 atom stereocenters. The maximum absolute atomic E-state index is 5.96. The maximum atomic E-state index is 5.96. The highest BCUT2D eigenvalue weighted by Crippen LogP contribution is 2.27. The summed E-state index contributed by atoms with van der Waals surface area (Å²) in [5, 5.41) is 4.55. The SMILES string of the molecule is Br.Clc1ccc(N2CCNCC2)cc1Cl. The minimum absolute atomic E-state index is 0. The summed E-state index contributed by atoms with van der Waals surface area (Å²) in [6.45, 7) is 4.11. The lowest BCUT2D eigenvalue weighted by atomic mass is 10.2. The van der Waals surface area contributed by atoms with E-state index in [4.69, 9.17) is 23.2 Å². The molecule has 1 aromatic carbocycles. The summed E-state index contributed by atoms with van der Waals surface area (Å²) >= 11 is 11.8. The number of hydrogen-bond donors (Lipinski definition) is 1. The second kappa shape index (κ2) is 5.94. The highest BCUT2D eigenvalue weighted by atomic mass is 79.9. The van der Waals surface area contributed by atoms with Crippen molar-refractivity contribution >= 4 is 45.9 Å². The molecule has 5 heteroatoms. The molecule has 0 saturated carbocycles. The van der Waals surface area contributed by atoms with Gasteiger partial charge in [0, 0.05) is 31.9 Å². The van der Waals surface area contributed by atoms with Crippen LogP contribution in [-0.4, -0.2) is 26.2 Å². The summed E-state index contributed by atoms with van der Waals surface area (Å²) in [4.78, 5) is 2.30. The Morgan fingerprint density at radius 1 is 1.07 bits per heavy atom. The number of nitrogens with one attached hydrogen (secondary N) is 1. The lowest BCUT2D eigenvalue weighted by molar-refractivity contribution is 0.589. The van der Waals surface area contributed by atoms with E-state index in [2.05, 4.69) is 10.2 Å². The molecule has 1 N–H and O–H groups in total. The average Bonchev–Trinajstić information content (AvgIpc) is 2.23. The van der Waals surface area contributed by atoms with Gasteiger partial charge in [-0.3, -0.25) is 0 Å². The van der Waals surface area contributed by atoms with Gasteiger partial charge in [-0.1, -0.05) is 23.2 Å². The minimum atomic E-state index is 0. The topological polar surface area (TPSA) is 15.3 Å². The van der Waals surface area contributed by atoms with E-state index >= 15 is 0 Å². The first-order valence-corrected chi connectivity index (χ1v) is 5.44. The van der Waals surface area contributed by atoms with Gasteiger partial charge in [-0.15, -0.1) is 17.0 Å². The van der Waals surface area contributed by atoms with Crippen LogP contribution in [0.1, 0.15) is 0 Å². The van der Waals surface area contributed by atoms with E-state index in [0.29, 0.717) is 10.0 Å². The van der Waals surface area contributed by atoms with Crippen LogP contribution >= 0.6 is 40.2 Å². The first-order valence-electron chi connectivity index (χ1n) is 4.68. The Hall–Kier alpha value is 0.0400. The van der Waals surface area contributed by atoms with Crippen LogP contribution in [0.4, 0.5) is 5.69 Å². The van der Waals surface area contributed by atoms with Crippen molar-refractivity contribution in [3.05, 3.63) is 28.2 Å². The molecule has 1 saturated heterocycles. The van der Waals surface area contributed by atoms with Crippen LogP contribution in [0.3, 0.4) is 0 Å². The summed E-state index contributed by atoms with van der Waals surface area (Å²) in [5.41, 5.74) is 1.15. The Labute approximate surface area is 110 Å². The third-order valence-corrected chi connectivity index (χ3v) is 3.12. The smallest absolute Gasteiger partial charge is 0.0612 e. The van der Waals surface area contributed by atoms with Crippen molar-refractivity contribution < 1.29 is 0 Å². The molecule has 0 aromatic heterocycles. The van der Waals surface area contributed by atoms with Gasteiger partial charge >= 0.3 is 0 Å². The molecular formula is C10H13BrCl2N2. The fourth-order valence-corrected chi connectivity index (χ4v) is 1.90. The van der Waals surface area contributed by atoms with Gasteiger partial charge in [-0.25, -0.2) is 0 Å². The largest absolute Gasteiger partial charge is 0.369 e. The minimum Gasteiger partial charge on any atom is -0.369 e. The van der Waals surface area contributed by atoms with Crippen molar-refractivity contribution in [1.29, 1.82) is 0 Å². The van der Waals surface area contributed by atoms with Gasteiger partial charge in [0.1, 0.15) is 0 Å². The van der Waals surface area contributed by atoms with E-state index in [9.17, 15) is 0 Å². The number of rotatable bonds is 1. The van der Waals surface area contributed by atoms with Gasteiger partial charge in [0.15, 0.2) is 0 Å². The zero-order valence-corrected chi connectivity index (χ0v) is 11.4. The Balaban J connectivity index is 0.00000112. The number of hydrogen-bond acceptors (Lipinski definition) is 2. The van der Waals surface area contributed by atoms with Crippen molar-refractivity contribution in [2.75, 3.05) is 31.1 Å². The zero-order valence-electron chi connectivity index (χ0n) is 8.17. The quantitative estimate of drug-likeness (QED) is 0.858. The van der Waals surface area contributed by atoms with Gasteiger partial charge in [0.05, 0.1) is 10.0 Å². The molecule has 1 aliphatic rings. The van der Waals surface area contributed by atoms with Crippen molar-refractivity contribution in [1.82, 2.24) is 5.32 Å². The van der Waals surface area contributed by atoms with Crippen LogP contribution in [0.5, 0.6) is 0 Å². The molecule has 1 aliphatic heterocycles. The molecule has 0 spiro atoms. The third kappa shape index (κ3) is 3.25. The Bertz CT molecular complexity index is 327. The zero-order chi connectivity index (χ0) is 9.97. The summed E-state index contributed by atoms with van der Waals surface area (Å²) in [6, 6.07) is 5.79. The summed E-state index contributed by atoms with van der Waals surface area (Å²) < 4.78 is 0. The lowest BCUT2D eigenvalue weighted by Gasteiger charge is -2.29. The van der Waals surface area contributed by atoms with Crippen LogP contribution in [0.15, 0.2) is 18.2 Å². The molecule has 0 unspecified atom stereocenters. The van der Waals surface area contributed by atoms with E-state index < -0.39 is 0 Å². The Kier molecular flexibility index (Phi) is 5.19. The fraction of sp³-hybridized carbons (Fsp3) is 0.400. The molecule has 15 heavy (non-hydrogen) atoms. The van der Waals surface area contributed by atoms with Crippen LogP contribution < -0.4 is 10.2 Å². The summed E-state index contributed by atoms with van der Waals surface area (Å²) in [5.74, 6) is 0. The molecule has 1 fully saturated rings. The van der Waals surface area contributed by atoms with Crippen LogP contribution in [0.25, 0.3) is 0 Å². The molecule has 0 radical (unpaired) electrons. The van der Waals surface area contributed by atoms with E-state index in [0.717, 1.165) is 31.9 Å². The molecule has 1 aromatic rings. The maximum Gasteiger partial charge on any atom is 0.0612 e. The Morgan fingerprint density at radius 2 is 1.73 bits per heavy atom. The molecule has 2 rings (SSSR count). The second-order valence-electron chi connectivity index (χ2n) is 3.34. The highest BCUT2D eigenvalue weighted by molar-refractivity contribution is 8.93. The first-order chi connectivity index (χ1) is 6.77. The van der Waals surface area contributed by atoms with E-state index in [-0.39, 0.29) is 17.0 Å². The first kappa shape index (κ1) is 13.1. The second-order valence-corrected chi connectivity index (χ2v) is 4.15. The van der Waals surface area contributed by atoms with Crippen molar-refractivity contribution in [2.45, 2.75) is 0 Å². The number of nitrogens with zero attached hydrogens (tertiary/aromatic N) is 1. The van der Waals surface area contributed by atoms with Crippen LogP contribution in [0.2, 0.25) is 10.0 Å². The number of piperazine rings is 1. The monoisotopic (exact) mass is 310 g/mol. The molecule has 0 amide bonds. The van der Waals surface area contributed by atoms with Crippen molar-refractivity contribution in [3.63, 3.8) is 0 Å².